The molecule has 0 bridgehead atoms. The standard InChI is InChI=1S/C12H19BrN2/c1-10(2)5-3-4-8-14-12-7-6-11(13)9-15-12/h6-7,9-10H,3-5,8H2,1-2H3,(H,14,15). The van der Waals surface area contributed by atoms with Crippen molar-refractivity contribution >= 4 is 21.7 Å². The average molecular weight is 271 g/mol. The molecule has 0 amide bonds. The quantitative estimate of drug-likeness (QED) is 0.788. The van der Waals surface area contributed by atoms with Gasteiger partial charge in [-0.3, -0.25) is 0 Å². The summed E-state index contributed by atoms with van der Waals surface area (Å²) in [5.41, 5.74) is 0. The van der Waals surface area contributed by atoms with Gasteiger partial charge < -0.3 is 5.32 Å². The van der Waals surface area contributed by atoms with E-state index < -0.39 is 0 Å². The number of nitrogens with zero attached hydrogens (tertiary/aromatic N) is 1. The Kier molecular flexibility index (Phi) is 5.69. The molecule has 1 heterocycles. The van der Waals surface area contributed by atoms with Crippen LogP contribution in [0.2, 0.25) is 0 Å². The summed E-state index contributed by atoms with van der Waals surface area (Å²) in [6.45, 7) is 5.55. The number of pyridine rings is 1. The van der Waals surface area contributed by atoms with Gasteiger partial charge in [-0.05, 0) is 40.4 Å². The van der Waals surface area contributed by atoms with Crippen LogP contribution in [0.25, 0.3) is 0 Å². The van der Waals surface area contributed by atoms with Crippen LogP contribution in [0.5, 0.6) is 0 Å². The van der Waals surface area contributed by atoms with E-state index in [2.05, 4.69) is 40.1 Å². The van der Waals surface area contributed by atoms with Crippen LogP contribution in [-0.2, 0) is 0 Å². The van der Waals surface area contributed by atoms with E-state index in [0.29, 0.717) is 0 Å². The molecule has 0 aliphatic rings. The van der Waals surface area contributed by atoms with E-state index in [1.165, 1.54) is 19.3 Å². The molecule has 0 saturated carbocycles. The van der Waals surface area contributed by atoms with Crippen LogP contribution in [0.4, 0.5) is 5.82 Å². The molecule has 1 rings (SSSR count). The number of aromatic nitrogens is 1. The largest absolute Gasteiger partial charge is 0.370 e. The van der Waals surface area contributed by atoms with Crippen molar-refractivity contribution in [2.75, 3.05) is 11.9 Å². The average Bonchev–Trinajstić information content (AvgIpc) is 2.20. The number of halogens is 1. The first-order valence-electron chi connectivity index (χ1n) is 5.54. The molecule has 1 aromatic rings. The lowest BCUT2D eigenvalue weighted by Gasteiger charge is -2.06. The fourth-order valence-electron chi connectivity index (χ4n) is 1.37. The van der Waals surface area contributed by atoms with E-state index in [0.717, 1.165) is 22.8 Å². The van der Waals surface area contributed by atoms with Crippen molar-refractivity contribution in [3.63, 3.8) is 0 Å². The van der Waals surface area contributed by atoms with Gasteiger partial charge in [0.25, 0.3) is 0 Å². The predicted octanol–water partition coefficient (Wildman–Crippen LogP) is 4.08. The third-order valence-electron chi connectivity index (χ3n) is 2.24. The van der Waals surface area contributed by atoms with Crippen molar-refractivity contribution in [2.45, 2.75) is 33.1 Å². The van der Waals surface area contributed by atoms with Crippen LogP contribution in [0.3, 0.4) is 0 Å². The zero-order chi connectivity index (χ0) is 11.1. The molecular weight excluding hydrogens is 252 g/mol. The number of unbranched alkanes of at least 4 members (excludes halogenated alkanes) is 1. The fourth-order valence-corrected chi connectivity index (χ4v) is 1.61. The number of hydrogen-bond donors (Lipinski definition) is 1. The van der Waals surface area contributed by atoms with Crippen molar-refractivity contribution in [1.29, 1.82) is 0 Å². The minimum Gasteiger partial charge on any atom is -0.370 e. The maximum Gasteiger partial charge on any atom is 0.125 e. The van der Waals surface area contributed by atoms with Crippen LogP contribution >= 0.6 is 15.9 Å². The smallest absolute Gasteiger partial charge is 0.125 e. The van der Waals surface area contributed by atoms with Gasteiger partial charge in [-0.2, -0.15) is 0 Å². The summed E-state index contributed by atoms with van der Waals surface area (Å²) in [4.78, 5) is 4.25. The molecule has 0 saturated heterocycles. The van der Waals surface area contributed by atoms with Crippen LogP contribution in [0.15, 0.2) is 22.8 Å². The first-order chi connectivity index (χ1) is 7.18. The zero-order valence-corrected chi connectivity index (χ0v) is 11.0. The Labute approximate surface area is 101 Å². The second kappa shape index (κ2) is 6.83. The van der Waals surface area contributed by atoms with Crippen molar-refractivity contribution in [3.8, 4) is 0 Å². The lowest BCUT2D eigenvalue weighted by atomic mass is 10.1. The molecule has 2 nitrogen and oxygen atoms in total. The summed E-state index contributed by atoms with van der Waals surface area (Å²) in [6.07, 6.45) is 5.64. The second-order valence-electron chi connectivity index (χ2n) is 4.18. The Morgan fingerprint density at radius 2 is 2.13 bits per heavy atom. The normalized spacial score (nSPS) is 10.7. The molecule has 3 heteroatoms. The molecule has 0 aliphatic heterocycles. The Balaban J connectivity index is 2.12. The van der Waals surface area contributed by atoms with E-state index >= 15 is 0 Å². The summed E-state index contributed by atoms with van der Waals surface area (Å²) >= 11 is 3.36. The van der Waals surface area contributed by atoms with Crippen molar-refractivity contribution in [3.05, 3.63) is 22.8 Å². The first kappa shape index (κ1) is 12.5. The van der Waals surface area contributed by atoms with Gasteiger partial charge in [-0.15, -0.1) is 0 Å². The van der Waals surface area contributed by atoms with Crippen LogP contribution in [0.1, 0.15) is 33.1 Å². The van der Waals surface area contributed by atoms with Gasteiger partial charge in [0, 0.05) is 17.2 Å². The summed E-state index contributed by atoms with van der Waals surface area (Å²) < 4.78 is 1.02. The molecule has 1 aromatic heterocycles. The number of anilines is 1. The molecule has 1 N–H and O–H groups in total. The second-order valence-corrected chi connectivity index (χ2v) is 5.09. The summed E-state index contributed by atoms with van der Waals surface area (Å²) in [7, 11) is 0. The summed E-state index contributed by atoms with van der Waals surface area (Å²) in [6, 6.07) is 4.00. The van der Waals surface area contributed by atoms with Gasteiger partial charge in [-0.1, -0.05) is 26.7 Å². The SMILES string of the molecule is CC(C)CCCCNc1ccc(Br)cn1. The van der Waals surface area contributed by atoms with Crippen LogP contribution < -0.4 is 5.32 Å². The summed E-state index contributed by atoms with van der Waals surface area (Å²) in [5, 5.41) is 3.31. The monoisotopic (exact) mass is 270 g/mol. The van der Waals surface area contributed by atoms with E-state index in [9.17, 15) is 0 Å². The molecule has 0 spiro atoms. The Morgan fingerprint density at radius 3 is 2.73 bits per heavy atom. The van der Waals surface area contributed by atoms with Crippen molar-refractivity contribution in [2.24, 2.45) is 5.92 Å². The van der Waals surface area contributed by atoms with Crippen molar-refractivity contribution < 1.29 is 0 Å². The van der Waals surface area contributed by atoms with Crippen molar-refractivity contribution in [1.82, 2.24) is 4.98 Å². The fraction of sp³-hybridized carbons (Fsp3) is 0.583. The van der Waals surface area contributed by atoms with Gasteiger partial charge in [0.1, 0.15) is 5.82 Å². The lowest BCUT2D eigenvalue weighted by molar-refractivity contribution is 0.544. The lowest BCUT2D eigenvalue weighted by Crippen LogP contribution is -2.03. The molecule has 84 valence electrons. The van der Waals surface area contributed by atoms with Gasteiger partial charge in [0.05, 0.1) is 0 Å². The van der Waals surface area contributed by atoms with Gasteiger partial charge >= 0.3 is 0 Å². The van der Waals surface area contributed by atoms with Gasteiger partial charge in [0.15, 0.2) is 0 Å². The minimum absolute atomic E-state index is 0.816. The van der Waals surface area contributed by atoms with E-state index in [1.54, 1.807) is 0 Å². The molecule has 0 aromatic carbocycles. The highest BCUT2D eigenvalue weighted by molar-refractivity contribution is 9.10. The van der Waals surface area contributed by atoms with Gasteiger partial charge in [-0.25, -0.2) is 4.98 Å². The maximum absolute atomic E-state index is 4.25. The van der Waals surface area contributed by atoms with E-state index in [4.69, 9.17) is 0 Å². The molecular formula is C12H19BrN2. The first-order valence-corrected chi connectivity index (χ1v) is 6.33. The third-order valence-corrected chi connectivity index (χ3v) is 2.71. The molecule has 0 fully saturated rings. The van der Waals surface area contributed by atoms with Crippen LogP contribution in [0, 0.1) is 5.92 Å². The maximum atomic E-state index is 4.25. The highest BCUT2D eigenvalue weighted by Gasteiger charge is 1.95. The number of nitrogens with one attached hydrogen (secondary N) is 1. The number of rotatable bonds is 6. The number of hydrogen-bond acceptors (Lipinski definition) is 2. The highest BCUT2D eigenvalue weighted by Crippen LogP contribution is 2.11. The Bertz CT molecular complexity index is 269. The zero-order valence-electron chi connectivity index (χ0n) is 9.46. The molecule has 0 unspecified atom stereocenters. The predicted molar refractivity (Wildman–Crippen MR) is 69.1 cm³/mol. The van der Waals surface area contributed by atoms with E-state index in [-0.39, 0.29) is 0 Å². The summed E-state index contributed by atoms with van der Waals surface area (Å²) in [5.74, 6) is 1.78. The molecule has 0 atom stereocenters. The molecule has 0 aliphatic carbocycles. The van der Waals surface area contributed by atoms with E-state index in [1.807, 2.05) is 18.3 Å². The molecule has 15 heavy (non-hydrogen) atoms. The Morgan fingerprint density at radius 1 is 1.33 bits per heavy atom. The topological polar surface area (TPSA) is 24.9 Å². The third kappa shape index (κ3) is 5.78. The molecule has 0 radical (unpaired) electrons. The minimum atomic E-state index is 0.816. The van der Waals surface area contributed by atoms with Gasteiger partial charge in [0.2, 0.25) is 0 Å². The highest BCUT2D eigenvalue weighted by atomic mass is 79.9. The Hall–Kier alpha value is -0.570. The van der Waals surface area contributed by atoms with Crippen LogP contribution in [-0.4, -0.2) is 11.5 Å².